The molecular formula is C17H19N3O2. The van der Waals surface area contributed by atoms with Crippen molar-refractivity contribution in [3.63, 3.8) is 0 Å². The first-order valence-corrected chi connectivity index (χ1v) is 7.26. The fourth-order valence-corrected chi connectivity index (χ4v) is 2.81. The molecule has 0 aliphatic carbocycles. The number of aromatic nitrogens is 2. The smallest absolute Gasteiger partial charge is 0.289 e. The maximum absolute atomic E-state index is 12.7. The molecular weight excluding hydrogens is 278 g/mol. The van der Waals surface area contributed by atoms with Crippen LogP contribution in [0, 0.1) is 13.8 Å². The second kappa shape index (κ2) is 5.33. The Morgan fingerprint density at radius 2 is 2.05 bits per heavy atom. The van der Waals surface area contributed by atoms with E-state index in [0.29, 0.717) is 5.76 Å². The van der Waals surface area contributed by atoms with Gasteiger partial charge in [-0.2, -0.15) is 5.10 Å². The van der Waals surface area contributed by atoms with Gasteiger partial charge in [0.2, 0.25) is 0 Å². The van der Waals surface area contributed by atoms with Crippen molar-refractivity contribution in [3.05, 3.63) is 53.0 Å². The van der Waals surface area contributed by atoms with Crippen molar-refractivity contribution < 1.29 is 9.21 Å². The van der Waals surface area contributed by atoms with Crippen molar-refractivity contribution in [2.24, 2.45) is 0 Å². The van der Waals surface area contributed by atoms with E-state index in [0.717, 1.165) is 27.9 Å². The second-order valence-electron chi connectivity index (χ2n) is 5.59. The summed E-state index contributed by atoms with van der Waals surface area (Å²) in [6.07, 6.45) is 0. The number of aromatic amines is 1. The quantitative estimate of drug-likeness (QED) is 0.803. The molecule has 0 aliphatic rings. The van der Waals surface area contributed by atoms with Crippen LogP contribution in [0.1, 0.15) is 40.5 Å². The molecule has 1 atom stereocenters. The van der Waals surface area contributed by atoms with Crippen LogP contribution >= 0.6 is 0 Å². The molecule has 1 aromatic carbocycles. The highest BCUT2D eigenvalue weighted by Crippen LogP contribution is 2.27. The average molecular weight is 297 g/mol. The molecule has 5 nitrogen and oxygen atoms in total. The Kier molecular flexibility index (Phi) is 3.48. The maximum atomic E-state index is 12.7. The summed E-state index contributed by atoms with van der Waals surface area (Å²) >= 11 is 0. The highest BCUT2D eigenvalue weighted by atomic mass is 16.3. The highest BCUT2D eigenvalue weighted by Gasteiger charge is 2.25. The minimum atomic E-state index is -0.135. The Morgan fingerprint density at radius 3 is 2.68 bits per heavy atom. The van der Waals surface area contributed by atoms with Gasteiger partial charge in [-0.05, 0) is 32.9 Å². The maximum Gasteiger partial charge on any atom is 0.289 e. The van der Waals surface area contributed by atoms with Crippen LogP contribution in [0.4, 0.5) is 0 Å². The molecule has 3 aromatic rings. The number of amides is 1. The molecule has 22 heavy (non-hydrogen) atoms. The van der Waals surface area contributed by atoms with E-state index < -0.39 is 0 Å². The largest absolute Gasteiger partial charge is 0.451 e. The number of hydrogen-bond donors (Lipinski definition) is 1. The summed E-state index contributed by atoms with van der Waals surface area (Å²) in [5.41, 5.74) is 3.66. The molecule has 0 aliphatic heterocycles. The van der Waals surface area contributed by atoms with Gasteiger partial charge in [-0.3, -0.25) is 9.89 Å². The van der Waals surface area contributed by atoms with Gasteiger partial charge >= 0.3 is 0 Å². The first kappa shape index (κ1) is 14.4. The van der Waals surface area contributed by atoms with Gasteiger partial charge in [-0.15, -0.1) is 0 Å². The number of para-hydroxylation sites is 1. The Morgan fingerprint density at radius 1 is 1.32 bits per heavy atom. The molecule has 0 bridgehead atoms. The van der Waals surface area contributed by atoms with E-state index in [9.17, 15) is 4.79 Å². The number of carbonyl (C=O) groups excluding carboxylic acids is 1. The summed E-state index contributed by atoms with van der Waals surface area (Å²) in [7, 11) is 1.78. The van der Waals surface area contributed by atoms with E-state index in [2.05, 4.69) is 10.2 Å². The summed E-state index contributed by atoms with van der Waals surface area (Å²) in [5.74, 6) is 0.220. The third-order valence-corrected chi connectivity index (χ3v) is 4.14. The zero-order chi connectivity index (χ0) is 15.9. The van der Waals surface area contributed by atoms with Crippen LogP contribution < -0.4 is 0 Å². The van der Waals surface area contributed by atoms with Gasteiger partial charge in [0.1, 0.15) is 5.58 Å². The van der Waals surface area contributed by atoms with Gasteiger partial charge < -0.3 is 9.32 Å². The van der Waals surface area contributed by atoms with Crippen molar-refractivity contribution in [1.82, 2.24) is 15.1 Å². The van der Waals surface area contributed by atoms with E-state index in [1.807, 2.05) is 45.0 Å². The van der Waals surface area contributed by atoms with Gasteiger partial charge in [-0.1, -0.05) is 18.2 Å². The third kappa shape index (κ3) is 2.28. The third-order valence-electron chi connectivity index (χ3n) is 4.14. The monoisotopic (exact) mass is 297 g/mol. The van der Waals surface area contributed by atoms with Crippen LogP contribution in [0.25, 0.3) is 11.0 Å². The normalized spacial score (nSPS) is 12.5. The molecule has 5 heteroatoms. The van der Waals surface area contributed by atoms with E-state index in [4.69, 9.17) is 4.42 Å². The van der Waals surface area contributed by atoms with Gasteiger partial charge in [0, 0.05) is 23.7 Å². The number of carbonyl (C=O) groups is 1. The first-order chi connectivity index (χ1) is 10.5. The lowest BCUT2D eigenvalue weighted by molar-refractivity contribution is 0.0712. The SMILES string of the molecule is Cc1n[nH]c(C)c1[C@@H](C)N(C)C(=O)c1cc2ccccc2o1. The van der Waals surface area contributed by atoms with Crippen molar-refractivity contribution in [2.75, 3.05) is 7.05 Å². The Labute approximate surface area is 128 Å². The Balaban J connectivity index is 1.91. The Bertz CT molecular complexity index is 779. The summed E-state index contributed by atoms with van der Waals surface area (Å²) in [6, 6.07) is 9.32. The van der Waals surface area contributed by atoms with Crippen molar-refractivity contribution in [2.45, 2.75) is 26.8 Å². The van der Waals surface area contributed by atoms with Crippen LogP contribution in [0.3, 0.4) is 0 Å². The molecule has 0 radical (unpaired) electrons. The predicted octanol–water partition coefficient (Wildman–Crippen LogP) is 3.61. The van der Waals surface area contributed by atoms with Gasteiger partial charge in [0.15, 0.2) is 5.76 Å². The fourth-order valence-electron chi connectivity index (χ4n) is 2.81. The van der Waals surface area contributed by atoms with Gasteiger partial charge in [0.25, 0.3) is 5.91 Å². The molecule has 114 valence electrons. The fraction of sp³-hybridized carbons (Fsp3) is 0.294. The molecule has 0 saturated carbocycles. The standard InChI is InChI=1S/C17H19N3O2/c1-10-16(11(2)19-18-10)12(3)20(4)17(21)15-9-13-7-5-6-8-14(13)22-15/h5-9,12H,1-4H3,(H,18,19)/t12-/m1/s1. The lowest BCUT2D eigenvalue weighted by Gasteiger charge is -2.24. The number of aryl methyl sites for hydroxylation is 2. The summed E-state index contributed by atoms with van der Waals surface area (Å²) < 4.78 is 5.66. The lowest BCUT2D eigenvalue weighted by Crippen LogP contribution is -2.29. The minimum absolute atomic E-state index is 0.0838. The number of hydrogen-bond acceptors (Lipinski definition) is 3. The molecule has 0 saturated heterocycles. The van der Waals surface area contributed by atoms with E-state index in [-0.39, 0.29) is 11.9 Å². The Hall–Kier alpha value is -2.56. The number of benzene rings is 1. The summed E-state index contributed by atoms with van der Waals surface area (Å²) in [4.78, 5) is 14.4. The first-order valence-electron chi connectivity index (χ1n) is 7.26. The van der Waals surface area contributed by atoms with Gasteiger partial charge in [-0.25, -0.2) is 0 Å². The number of rotatable bonds is 3. The number of nitrogens with zero attached hydrogens (tertiary/aromatic N) is 2. The number of fused-ring (bicyclic) bond motifs is 1. The van der Waals surface area contributed by atoms with Crippen LogP contribution in [0.5, 0.6) is 0 Å². The molecule has 0 spiro atoms. The van der Waals surface area contributed by atoms with Crippen molar-refractivity contribution in [1.29, 1.82) is 0 Å². The predicted molar refractivity (Wildman–Crippen MR) is 84.8 cm³/mol. The molecule has 2 heterocycles. The molecule has 2 aromatic heterocycles. The zero-order valence-corrected chi connectivity index (χ0v) is 13.2. The van der Waals surface area contributed by atoms with Crippen LogP contribution in [-0.2, 0) is 0 Å². The van der Waals surface area contributed by atoms with Crippen molar-refractivity contribution in [3.8, 4) is 0 Å². The summed E-state index contributed by atoms with van der Waals surface area (Å²) in [5, 5.41) is 8.09. The van der Waals surface area contributed by atoms with E-state index in [1.165, 1.54) is 0 Å². The average Bonchev–Trinajstić information content (AvgIpc) is 3.08. The van der Waals surface area contributed by atoms with Crippen LogP contribution in [0.2, 0.25) is 0 Å². The number of furan rings is 1. The molecule has 1 N–H and O–H groups in total. The molecule has 0 unspecified atom stereocenters. The molecule has 3 rings (SSSR count). The van der Waals surface area contributed by atoms with Crippen LogP contribution in [-0.4, -0.2) is 28.1 Å². The highest BCUT2D eigenvalue weighted by molar-refractivity contribution is 5.96. The topological polar surface area (TPSA) is 62.1 Å². The summed E-state index contributed by atoms with van der Waals surface area (Å²) in [6.45, 7) is 5.89. The van der Waals surface area contributed by atoms with Gasteiger partial charge in [0.05, 0.1) is 11.7 Å². The minimum Gasteiger partial charge on any atom is -0.451 e. The number of H-pyrrole nitrogens is 1. The van der Waals surface area contributed by atoms with Crippen LogP contribution in [0.15, 0.2) is 34.7 Å². The molecule has 0 fully saturated rings. The van der Waals surface area contributed by atoms with E-state index in [1.54, 1.807) is 18.0 Å². The van der Waals surface area contributed by atoms with Crippen molar-refractivity contribution >= 4 is 16.9 Å². The number of nitrogens with one attached hydrogen (secondary N) is 1. The molecule has 1 amide bonds. The lowest BCUT2D eigenvalue weighted by atomic mass is 10.1. The second-order valence-corrected chi connectivity index (χ2v) is 5.59. The van der Waals surface area contributed by atoms with E-state index >= 15 is 0 Å². The zero-order valence-electron chi connectivity index (χ0n) is 13.2.